The molecule has 0 saturated carbocycles. The topological polar surface area (TPSA) is 57.7 Å². The number of amides is 3. The molecule has 0 bridgehead atoms. The van der Waals surface area contributed by atoms with E-state index in [1.54, 1.807) is 36.1 Å². The Kier molecular flexibility index (Phi) is 2.62. The lowest BCUT2D eigenvalue weighted by Gasteiger charge is -2.35. The fraction of sp³-hybridized carbons (Fsp3) is 0.357. The zero-order chi connectivity index (χ0) is 13.6. The maximum absolute atomic E-state index is 12.2. The summed E-state index contributed by atoms with van der Waals surface area (Å²) >= 11 is 0. The van der Waals surface area contributed by atoms with Gasteiger partial charge in [0.1, 0.15) is 6.04 Å². The lowest BCUT2D eigenvalue weighted by atomic mass is 10.1. The summed E-state index contributed by atoms with van der Waals surface area (Å²) in [5.74, 6) is -0.898. The first-order chi connectivity index (χ1) is 9.11. The molecule has 98 valence electrons. The van der Waals surface area contributed by atoms with E-state index < -0.39 is 6.04 Å². The van der Waals surface area contributed by atoms with Gasteiger partial charge in [-0.25, -0.2) is 0 Å². The van der Waals surface area contributed by atoms with E-state index in [0.717, 1.165) is 11.3 Å². The number of likely N-dealkylation sites (tertiary alicyclic amines) is 1. The third-order valence-electron chi connectivity index (χ3n) is 3.74. The van der Waals surface area contributed by atoms with E-state index in [4.69, 9.17) is 0 Å². The molecule has 3 rings (SSSR count). The number of hydrogen-bond acceptors (Lipinski definition) is 3. The number of carbonyl (C=O) groups is 3. The maximum Gasteiger partial charge on any atom is 0.262 e. The van der Waals surface area contributed by atoms with Gasteiger partial charge in [-0.05, 0) is 25.5 Å². The fourth-order valence-electron chi connectivity index (χ4n) is 2.47. The van der Waals surface area contributed by atoms with Crippen LogP contribution in [0, 0.1) is 0 Å². The summed E-state index contributed by atoms with van der Waals surface area (Å²) in [5, 5.41) is 0. The number of hydrogen-bond donors (Lipinski definition) is 0. The number of benzene rings is 1. The molecule has 5 heteroatoms. The van der Waals surface area contributed by atoms with Gasteiger partial charge in [0, 0.05) is 13.1 Å². The van der Waals surface area contributed by atoms with Crippen LogP contribution in [0.15, 0.2) is 24.3 Å². The molecule has 1 aromatic rings. The van der Waals surface area contributed by atoms with Gasteiger partial charge in [0.2, 0.25) is 5.91 Å². The molecule has 1 aromatic carbocycles. The van der Waals surface area contributed by atoms with Gasteiger partial charge < -0.3 is 4.90 Å². The Labute approximate surface area is 110 Å². The van der Waals surface area contributed by atoms with Crippen molar-refractivity contribution in [3.8, 4) is 0 Å². The van der Waals surface area contributed by atoms with Crippen molar-refractivity contribution in [1.82, 2.24) is 9.80 Å². The molecule has 0 aromatic heterocycles. The first kappa shape index (κ1) is 11.9. The van der Waals surface area contributed by atoms with Gasteiger partial charge in [0.15, 0.2) is 0 Å². The Hall–Kier alpha value is -2.17. The molecule has 2 aliphatic rings. The van der Waals surface area contributed by atoms with Crippen molar-refractivity contribution in [2.24, 2.45) is 0 Å². The van der Waals surface area contributed by atoms with Gasteiger partial charge in [0.25, 0.3) is 11.8 Å². The van der Waals surface area contributed by atoms with Crippen LogP contribution in [-0.2, 0) is 4.79 Å². The van der Waals surface area contributed by atoms with E-state index >= 15 is 0 Å². The summed E-state index contributed by atoms with van der Waals surface area (Å²) in [6.07, 6.45) is 0.987. The SMILES string of the molecule is CC(C(=O)N1CCC1)N1C(=O)c2ccccc2C1=O. The van der Waals surface area contributed by atoms with Crippen molar-refractivity contribution < 1.29 is 14.4 Å². The zero-order valence-electron chi connectivity index (χ0n) is 10.6. The van der Waals surface area contributed by atoms with Crippen LogP contribution in [0.3, 0.4) is 0 Å². The van der Waals surface area contributed by atoms with E-state index in [1.165, 1.54) is 0 Å². The third kappa shape index (κ3) is 1.65. The van der Waals surface area contributed by atoms with Crippen LogP contribution in [0.4, 0.5) is 0 Å². The molecule has 5 nitrogen and oxygen atoms in total. The number of fused-ring (bicyclic) bond motifs is 1. The molecule has 3 amide bonds. The first-order valence-corrected chi connectivity index (χ1v) is 6.37. The molecular weight excluding hydrogens is 244 g/mol. The highest BCUT2D eigenvalue weighted by Crippen LogP contribution is 2.25. The summed E-state index contributed by atoms with van der Waals surface area (Å²) in [7, 11) is 0. The molecule has 1 saturated heterocycles. The molecule has 0 aliphatic carbocycles. The van der Waals surface area contributed by atoms with Crippen LogP contribution in [0.2, 0.25) is 0 Å². The lowest BCUT2D eigenvalue weighted by Crippen LogP contribution is -2.53. The van der Waals surface area contributed by atoms with E-state index in [1.807, 2.05) is 0 Å². The Morgan fingerprint density at radius 1 is 1.11 bits per heavy atom. The predicted octanol–water partition coefficient (Wildman–Crippen LogP) is 0.903. The second-order valence-electron chi connectivity index (χ2n) is 4.88. The smallest absolute Gasteiger partial charge is 0.262 e. The Morgan fingerprint density at radius 2 is 1.63 bits per heavy atom. The number of imide groups is 1. The summed E-state index contributed by atoms with van der Waals surface area (Å²) in [6.45, 7) is 3.04. The molecule has 2 aliphatic heterocycles. The highest BCUT2D eigenvalue weighted by molar-refractivity contribution is 6.22. The quantitative estimate of drug-likeness (QED) is 0.741. The number of rotatable bonds is 2. The summed E-state index contributed by atoms with van der Waals surface area (Å²) in [6, 6.07) is 5.95. The molecule has 1 atom stereocenters. The van der Waals surface area contributed by atoms with Crippen molar-refractivity contribution in [2.75, 3.05) is 13.1 Å². The fourth-order valence-corrected chi connectivity index (χ4v) is 2.47. The van der Waals surface area contributed by atoms with E-state index in [2.05, 4.69) is 0 Å². The molecule has 0 spiro atoms. The third-order valence-corrected chi connectivity index (χ3v) is 3.74. The van der Waals surface area contributed by atoms with Crippen LogP contribution >= 0.6 is 0 Å². The number of nitrogens with zero attached hydrogens (tertiary/aromatic N) is 2. The van der Waals surface area contributed by atoms with Gasteiger partial charge in [-0.1, -0.05) is 12.1 Å². The Morgan fingerprint density at radius 3 is 2.05 bits per heavy atom. The van der Waals surface area contributed by atoms with Crippen molar-refractivity contribution in [3.05, 3.63) is 35.4 Å². The highest BCUT2D eigenvalue weighted by Gasteiger charge is 2.42. The van der Waals surface area contributed by atoms with E-state index in [0.29, 0.717) is 24.2 Å². The largest absolute Gasteiger partial charge is 0.341 e. The molecule has 19 heavy (non-hydrogen) atoms. The van der Waals surface area contributed by atoms with Gasteiger partial charge >= 0.3 is 0 Å². The van der Waals surface area contributed by atoms with E-state index in [9.17, 15) is 14.4 Å². The summed E-state index contributed by atoms with van der Waals surface area (Å²) in [5.41, 5.74) is 0.770. The molecule has 2 heterocycles. The Bertz CT molecular complexity index is 543. The summed E-state index contributed by atoms with van der Waals surface area (Å²) < 4.78 is 0. The predicted molar refractivity (Wildman–Crippen MR) is 67.6 cm³/mol. The normalized spacial score (nSPS) is 19.2. The zero-order valence-corrected chi connectivity index (χ0v) is 10.6. The van der Waals surface area contributed by atoms with Gasteiger partial charge in [-0.15, -0.1) is 0 Å². The van der Waals surface area contributed by atoms with Gasteiger partial charge in [-0.3, -0.25) is 19.3 Å². The lowest BCUT2D eigenvalue weighted by molar-refractivity contribution is -0.138. The van der Waals surface area contributed by atoms with Crippen LogP contribution in [0.5, 0.6) is 0 Å². The molecule has 0 radical (unpaired) electrons. The van der Waals surface area contributed by atoms with Crippen molar-refractivity contribution in [3.63, 3.8) is 0 Å². The van der Waals surface area contributed by atoms with Crippen molar-refractivity contribution >= 4 is 17.7 Å². The minimum absolute atomic E-state index is 0.152. The van der Waals surface area contributed by atoms with Crippen molar-refractivity contribution in [2.45, 2.75) is 19.4 Å². The minimum Gasteiger partial charge on any atom is -0.341 e. The van der Waals surface area contributed by atoms with Crippen LogP contribution in [0.1, 0.15) is 34.1 Å². The van der Waals surface area contributed by atoms with Gasteiger partial charge in [0.05, 0.1) is 11.1 Å². The molecule has 1 unspecified atom stereocenters. The van der Waals surface area contributed by atoms with E-state index in [-0.39, 0.29) is 17.7 Å². The average molecular weight is 258 g/mol. The first-order valence-electron chi connectivity index (χ1n) is 6.37. The van der Waals surface area contributed by atoms with Crippen LogP contribution in [-0.4, -0.2) is 46.7 Å². The monoisotopic (exact) mass is 258 g/mol. The Balaban J connectivity index is 1.89. The average Bonchev–Trinajstić information content (AvgIpc) is 2.60. The molecular formula is C14H14N2O3. The summed E-state index contributed by atoms with van der Waals surface area (Å²) in [4.78, 5) is 39.3. The minimum atomic E-state index is -0.729. The highest BCUT2D eigenvalue weighted by atomic mass is 16.2. The molecule has 1 fully saturated rings. The standard InChI is InChI=1S/C14H14N2O3/c1-9(12(17)15-7-4-8-15)16-13(18)10-5-2-3-6-11(10)14(16)19/h2-3,5-6,9H,4,7-8H2,1H3. The number of carbonyl (C=O) groups excluding carboxylic acids is 3. The van der Waals surface area contributed by atoms with Crippen LogP contribution in [0.25, 0.3) is 0 Å². The molecule has 0 N–H and O–H groups in total. The van der Waals surface area contributed by atoms with Gasteiger partial charge in [-0.2, -0.15) is 0 Å². The second kappa shape index (κ2) is 4.19. The second-order valence-corrected chi connectivity index (χ2v) is 4.88. The van der Waals surface area contributed by atoms with Crippen LogP contribution < -0.4 is 0 Å². The van der Waals surface area contributed by atoms with Crippen molar-refractivity contribution in [1.29, 1.82) is 0 Å². The maximum atomic E-state index is 12.2.